The van der Waals surface area contributed by atoms with Gasteiger partial charge in [-0.2, -0.15) is 0 Å². The molecule has 2 rings (SSSR count). The zero-order valence-electron chi connectivity index (χ0n) is 10.5. The molecule has 0 saturated carbocycles. The molecule has 0 fully saturated rings. The van der Waals surface area contributed by atoms with Crippen molar-refractivity contribution in [2.45, 2.75) is 30.4 Å². The van der Waals surface area contributed by atoms with Gasteiger partial charge in [0, 0.05) is 6.54 Å². The van der Waals surface area contributed by atoms with Crippen LogP contribution in [0.5, 0.6) is 5.75 Å². The standard InChI is InChI=1S/C12H17NO3S/c1-8-5-6-9(16-4)10-11(8)17(14,15)12(2,3)7-13-10/h5-6,13H,7H2,1-4H3. The van der Waals surface area contributed by atoms with E-state index in [1.165, 1.54) is 0 Å². The average molecular weight is 255 g/mol. The third kappa shape index (κ3) is 1.60. The maximum absolute atomic E-state index is 12.5. The first-order valence-electron chi connectivity index (χ1n) is 5.47. The molecule has 0 saturated heterocycles. The molecule has 0 radical (unpaired) electrons. The van der Waals surface area contributed by atoms with Crippen LogP contribution in [0.3, 0.4) is 0 Å². The Morgan fingerprint density at radius 3 is 2.59 bits per heavy atom. The van der Waals surface area contributed by atoms with E-state index < -0.39 is 14.6 Å². The molecule has 0 amide bonds. The Morgan fingerprint density at radius 2 is 2.00 bits per heavy atom. The van der Waals surface area contributed by atoms with E-state index >= 15 is 0 Å². The Kier molecular flexibility index (Phi) is 2.61. The first-order chi connectivity index (χ1) is 7.81. The van der Waals surface area contributed by atoms with Gasteiger partial charge in [-0.25, -0.2) is 8.42 Å². The zero-order chi connectivity index (χ0) is 12.8. The molecule has 0 bridgehead atoms. The molecule has 17 heavy (non-hydrogen) atoms. The summed E-state index contributed by atoms with van der Waals surface area (Å²) in [5, 5.41) is 3.16. The fraction of sp³-hybridized carbons (Fsp3) is 0.500. The van der Waals surface area contributed by atoms with Crippen LogP contribution >= 0.6 is 0 Å². The highest BCUT2D eigenvalue weighted by molar-refractivity contribution is 7.93. The third-order valence-corrected chi connectivity index (χ3v) is 5.89. The van der Waals surface area contributed by atoms with Gasteiger partial charge in [0.2, 0.25) is 0 Å². The highest BCUT2D eigenvalue weighted by atomic mass is 32.2. The summed E-state index contributed by atoms with van der Waals surface area (Å²) in [5.41, 5.74) is 1.34. The number of nitrogens with one attached hydrogen (secondary N) is 1. The maximum atomic E-state index is 12.5. The molecule has 4 nitrogen and oxygen atoms in total. The van der Waals surface area contributed by atoms with Crippen molar-refractivity contribution in [3.8, 4) is 5.75 Å². The second-order valence-corrected chi connectivity index (χ2v) is 7.43. The van der Waals surface area contributed by atoms with Gasteiger partial charge in [-0.15, -0.1) is 0 Å². The van der Waals surface area contributed by atoms with Gasteiger partial charge in [0.1, 0.15) is 5.75 Å². The predicted octanol–water partition coefficient (Wildman–Crippen LogP) is 1.98. The van der Waals surface area contributed by atoms with E-state index in [-0.39, 0.29) is 0 Å². The molecule has 1 aliphatic heterocycles. The van der Waals surface area contributed by atoms with Crippen molar-refractivity contribution in [3.63, 3.8) is 0 Å². The molecular weight excluding hydrogens is 238 g/mol. The van der Waals surface area contributed by atoms with E-state index in [1.54, 1.807) is 40.0 Å². The van der Waals surface area contributed by atoms with Crippen molar-refractivity contribution in [2.75, 3.05) is 19.0 Å². The molecule has 0 unspecified atom stereocenters. The van der Waals surface area contributed by atoms with Gasteiger partial charge in [0.05, 0.1) is 22.4 Å². The van der Waals surface area contributed by atoms with Crippen LogP contribution < -0.4 is 10.1 Å². The van der Waals surface area contributed by atoms with Gasteiger partial charge in [-0.3, -0.25) is 0 Å². The van der Waals surface area contributed by atoms with E-state index in [9.17, 15) is 8.42 Å². The summed E-state index contributed by atoms with van der Waals surface area (Å²) < 4.78 is 29.4. The predicted molar refractivity (Wildman–Crippen MR) is 67.5 cm³/mol. The van der Waals surface area contributed by atoms with Gasteiger partial charge in [-0.1, -0.05) is 6.07 Å². The molecule has 0 aliphatic carbocycles. The minimum atomic E-state index is -3.33. The number of fused-ring (bicyclic) bond motifs is 1. The number of methoxy groups -OCH3 is 1. The van der Waals surface area contributed by atoms with Crippen molar-refractivity contribution in [3.05, 3.63) is 17.7 Å². The topological polar surface area (TPSA) is 55.4 Å². The summed E-state index contributed by atoms with van der Waals surface area (Å²) in [4.78, 5) is 0.369. The van der Waals surface area contributed by atoms with Crippen molar-refractivity contribution < 1.29 is 13.2 Å². The lowest BCUT2D eigenvalue weighted by atomic mass is 10.1. The number of sulfone groups is 1. The minimum absolute atomic E-state index is 0.369. The van der Waals surface area contributed by atoms with Crippen LogP contribution in [0.1, 0.15) is 19.4 Å². The first-order valence-corrected chi connectivity index (χ1v) is 6.95. The molecular formula is C12H17NO3S. The fourth-order valence-corrected chi connectivity index (χ4v) is 3.77. The van der Waals surface area contributed by atoms with Crippen LogP contribution in [0, 0.1) is 6.92 Å². The Morgan fingerprint density at radius 1 is 1.35 bits per heavy atom. The molecule has 94 valence electrons. The van der Waals surface area contributed by atoms with E-state index in [4.69, 9.17) is 4.74 Å². The van der Waals surface area contributed by atoms with Gasteiger partial charge >= 0.3 is 0 Å². The van der Waals surface area contributed by atoms with Crippen molar-refractivity contribution in [1.29, 1.82) is 0 Å². The zero-order valence-corrected chi connectivity index (χ0v) is 11.3. The molecule has 1 aromatic rings. The Labute approximate surface area is 102 Å². The summed E-state index contributed by atoms with van der Waals surface area (Å²) in [6.07, 6.45) is 0. The van der Waals surface area contributed by atoms with E-state index in [0.717, 1.165) is 5.56 Å². The molecule has 1 N–H and O–H groups in total. The summed E-state index contributed by atoms with van der Waals surface area (Å²) in [5.74, 6) is 0.574. The number of ether oxygens (including phenoxy) is 1. The average Bonchev–Trinajstić information content (AvgIpc) is 2.24. The Balaban J connectivity index is 2.80. The second-order valence-electron chi connectivity index (χ2n) is 4.91. The first kappa shape index (κ1) is 12.2. The van der Waals surface area contributed by atoms with Crippen molar-refractivity contribution >= 4 is 15.5 Å². The quantitative estimate of drug-likeness (QED) is 0.833. The highest BCUT2D eigenvalue weighted by Gasteiger charge is 2.42. The summed E-state index contributed by atoms with van der Waals surface area (Å²) in [6, 6.07) is 3.56. The number of hydrogen-bond acceptors (Lipinski definition) is 4. The summed E-state index contributed by atoms with van der Waals surface area (Å²) >= 11 is 0. The number of rotatable bonds is 1. The number of aryl methyl sites for hydroxylation is 1. The van der Waals surface area contributed by atoms with E-state index in [1.807, 2.05) is 0 Å². The normalized spacial score (nSPS) is 20.2. The van der Waals surface area contributed by atoms with Crippen LogP contribution in [-0.4, -0.2) is 26.8 Å². The van der Waals surface area contributed by atoms with Crippen LogP contribution in [0.25, 0.3) is 0 Å². The van der Waals surface area contributed by atoms with Crippen LogP contribution in [-0.2, 0) is 9.84 Å². The van der Waals surface area contributed by atoms with Crippen LogP contribution in [0.2, 0.25) is 0 Å². The lowest BCUT2D eigenvalue weighted by molar-refractivity contribution is 0.414. The lowest BCUT2D eigenvalue weighted by Gasteiger charge is -2.33. The van der Waals surface area contributed by atoms with Gasteiger partial charge in [0.25, 0.3) is 0 Å². The van der Waals surface area contributed by atoms with Gasteiger partial charge in [-0.05, 0) is 32.4 Å². The molecule has 1 heterocycles. The van der Waals surface area contributed by atoms with Crippen molar-refractivity contribution in [1.82, 2.24) is 0 Å². The third-order valence-electron chi connectivity index (χ3n) is 3.22. The van der Waals surface area contributed by atoms with Gasteiger partial charge in [0.15, 0.2) is 9.84 Å². The molecule has 5 heteroatoms. The summed E-state index contributed by atoms with van der Waals surface area (Å²) in [6.45, 7) is 5.66. The van der Waals surface area contributed by atoms with Crippen molar-refractivity contribution in [2.24, 2.45) is 0 Å². The lowest BCUT2D eigenvalue weighted by Crippen LogP contribution is -2.43. The maximum Gasteiger partial charge on any atom is 0.187 e. The van der Waals surface area contributed by atoms with E-state index in [0.29, 0.717) is 22.9 Å². The largest absolute Gasteiger partial charge is 0.495 e. The highest BCUT2D eigenvalue weighted by Crippen LogP contribution is 2.42. The second kappa shape index (κ2) is 3.63. The molecule has 1 aromatic carbocycles. The molecule has 1 aliphatic rings. The Bertz CT molecular complexity index is 561. The number of benzene rings is 1. The molecule has 0 aromatic heterocycles. The van der Waals surface area contributed by atoms with Crippen LogP contribution in [0.15, 0.2) is 17.0 Å². The fourth-order valence-electron chi connectivity index (χ4n) is 2.03. The number of hydrogen-bond donors (Lipinski definition) is 1. The Hall–Kier alpha value is -1.23. The number of anilines is 1. The van der Waals surface area contributed by atoms with Gasteiger partial charge < -0.3 is 10.1 Å². The van der Waals surface area contributed by atoms with Crippen LogP contribution in [0.4, 0.5) is 5.69 Å². The molecule has 0 atom stereocenters. The van der Waals surface area contributed by atoms with E-state index in [2.05, 4.69) is 5.32 Å². The summed E-state index contributed by atoms with van der Waals surface area (Å²) in [7, 11) is -1.79. The molecule has 0 spiro atoms. The SMILES string of the molecule is COc1ccc(C)c2c1NCC(C)(C)S2(=O)=O. The smallest absolute Gasteiger partial charge is 0.187 e. The minimum Gasteiger partial charge on any atom is -0.495 e. The monoisotopic (exact) mass is 255 g/mol.